The molecule has 0 saturated heterocycles. The van der Waals surface area contributed by atoms with Crippen LogP contribution in [0.1, 0.15) is 37.7 Å². The van der Waals surface area contributed by atoms with Gasteiger partial charge >= 0.3 is 0 Å². The van der Waals surface area contributed by atoms with Gasteiger partial charge in [0, 0.05) is 18.4 Å². The minimum Gasteiger partial charge on any atom is -0.624 e. The number of rotatable bonds is 4. The number of hydrogen-bond donors (Lipinski definition) is 0. The molecule has 0 heterocycles. The van der Waals surface area contributed by atoms with Crippen molar-refractivity contribution in [3.63, 3.8) is 0 Å². The highest BCUT2D eigenvalue weighted by molar-refractivity contribution is 5.77. The molecule has 0 bridgehead atoms. The molecule has 0 unspecified atom stereocenters. The van der Waals surface area contributed by atoms with E-state index >= 15 is 0 Å². The molecule has 1 fully saturated rings. The zero-order valence-electron chi connectivity index (χ0n) is 11.6. The maximum Gasteiger partial charge on any atom is 0.182 e. The minimum absolute atomic E-state index is 0.127. The fourth-order valence-electron chi connectivity index (χ4n) is 2.52. The van der Waals surface area contributed by atoms with Gasteiger partial charge < -0.3 is 14.7 Å². The summed E-state index contributed by atoms with van der Waals surface area (Å²) in [5, 5.41) is 12.1. The summed E-state index contributed by atoms with van der Waals surface area (Å²) in [6, 6.07) is 5.64. The lowest BCUT2D eigenvalue weighted by Gasteiger charge is -2.20. The zero-order valence-corrected chi connectivity index (χ0v) is 11.6. The summed E-state index contributed by atoms with van der Waals surface area (Å²) in [6.07, 6.45) is 7.20. The van der Waals surface area contributed by atoms with E-state index in [4.69, 9.17) is 9.47 Å². The first-order valence-electron chi connectivity index (χ1n) is 6.77. The molecule has 1 aromatic rings. The Kier molecular flexibility index (Phi) is 4.66. The summed E-state index contributed by atoms with van der Waals surface area (Å²) in [5.41, 5.74) is 0.846. The van der Waals surface area contributed by atoms with Gasteiger partial charge in [-0.05, 0) is 31.0 Å². The smallest absolute Gasteiger partial charge is 0.182 e. The van der Waals surface area contributed by atoms with Gasteiger partial charge in [-0.2, -0.15) is 0 Å². The standard InChI is InChI=1S/C15H21NO3/c1-18-14-9-8-12(10-15(14)19-2)11-16(17)13-6-4-3-5-7-13/h8-11,13H,3-7H2,1-2H3/b16-11-. The third-order valence-corrected chi connectivity index (χ3v) is 3.62. The fourth-order valence-corrected chi connectivity index (χ4v) is 2.52. The van der Waals surface area contributed by atoms with E-state index < -0.39 is 0 Å². The van der Waals surface area contributed by atoms with Crippen LogP contribution in [-0.2, 0) is 0 Å². The van der Waals surface area contributed by atoms with Crippen molar-refractivity contribution < 1.29 is 14.2 Å². The van der Waals surface area contributed by atoms with Gasteiger partial charge in [-0.3, -0.25) is 0 Å². The van der Waals surface area contributed by atoms with Gasteiger partial charge in [0.05, 0.1) is 14.2 Å². The Hall–Kier alpha value is -1.71. The molecule has 0 radical (unpaired) electrons. The highest BCUT2D eigenvalue weighted by Crippen LogP contribution is 2.27. The van der Waals surface area contributed by atoms with Crippen LogP contribution in [0.15, 0.2) is 18.2 Å². The van der Waals surface area contributed by atoms with Crippen molar-refractivity contribution in [1.29, 1.82) is 0 Å². The number of methoxy groups -OCH3 is 2. The van der Waals surface area contributed by atoms with E-state index in [9.17, 15) is 5.21 Å². The average Bonchev–Trinajstić information content (AvgIpc) is 2.48. The Balaban J connectivity index is 2.16. The number of hydrogen-bond acceptors (Lipinski definition) is 3. The van der Waals surface area contributed by atoms with E-state index in [1.54, 1.807) is 20.4 Å². The van der Waals surface area contributed by atoms with Gasteiger partial charge in [0.25, 0.3) is 0 Å². The second-order valence-electron chi connectivity index (χ2n) is 4.90. The van der Waals surface area contributed by atoms with E-state index in [0.29, 0.717) is 11.5 Å². The van der Waals surface area contributed by atoms with Gasteiger partial charge in [-0.25, -0.2) is 4.74 Å². The van der Waals surface area contributed by atoms with Crippen LogP contribution in [0.25, 0.3) is 0 Å². The third-order valence-electron chi connectivity index (χ3n) is 3.62. The third kappa shape index (κ3) is 3.40. The van der Waals surface area contributed by atoms with Crippen LogP contribution in [0, 0.1) is 5.21 Å². The molecular formula is C15H21NO3. The van der Waals surface area contributed by atoms with Crippen molar-refractivity contribution >= 4 is 6.21 Å². The van der Waals surface area contributed by atoms with Crippen LogP contribution in [-0.4, -0.2) is 31.2 Å². The van der Waals surface area contributed by atoms with Gasteiger partial charge in [0.2, 0.25) is 0 Å². The Labute approximate surface area is 114 Å². The summed E-state index contributed by atoms with van der Waals surface area (Å²) in [4.78, 5) is 0. The van der Waals surface area contributed by atoms with Crippen molar-refractivity contribution in [3.05, 3.63) is 29.0 Å². The normalized spacial score (nSPS) is 17.3. The molecule has 4 heteroatoms. The highest BCUT2D eigenvalue weighted by atomic mass is 16.5. The molecule has 1 aromatic carbocycles. The molecular weight excluding hydrogens is 242 g/mol. The summed E-state index contributed by atoms with van der Waals surface area (Å²) in [6.45, 7) is 0. The molecule has 1 aliphatic carbocycles. The molecule has 19 heavy (non-hydrogen) atoms. The summed E-state index contributed by atoms with van der Waals surface area (Å²) >= 11 is 0. The van der Waals surface area contributed by atoms with Crippen LogP contribution in [0.4, 0.5) is 0 Å². The number of hydroxylamine groups is 1. The Morgan fingerprint density at radius 1 is 1.11 bits per heavy atom. The van der Waals surface area contributed by atoms with E-state index in [2.05, 4.69) is 0 Å². The SMILES string of the molecule is COc1ccc(/C=[N+](\[O-])C2CCCCC2)cc1OC. The predicted octanol–water partition coefficient (Wildman–Crippen LogP) is 2.97. The highest BCUT2D eigenvalue weighted by Gasteiger charge is 2.19. The minimum atomic E-state index is 0.127. The predicted molar refractivity (Wildman–Crippen MR) is 75.2 cm³/mol. The van der Waals surface area contributed by atoms with Crippen LogP contribution >= 0.6 is 0 Å². The van der Waals surface area contributed by atoms with E-state index in [1.807, 2.05) is 18.2 Å². The topological polar surface area (TPSA) is 44.5 Å². The molecule has 1 saturated carbocycles. The largest absolute Gasteiger partial charge is 0.624 e. The lowest BCUT2D eigenvalue weighted by Crippen LogP contribution is -2.25. The number of nitrogens with zero attached hydrogens (tertiary/aromatic N) is 1. The first-order chi connectivity index (χ1) is 9.24. The molecule has 4 nitrogen and oxygen atoms in total. The van der Waals surface area contributed by atoms with Crippen molar-refractivity contribution in [2.24, 2.45) is 0 Å². The summed E-state index contributed by atoms with van der Waals surface area (Å²) in [5.74, 6) is 1.32. The lowest BCUT2D eigenvalue weighted by atomic mass is 9.96. The van der Waals surface area contributed by atoms with Gasteiger partial charge in [0.15, 0.2) is 23.8 Å². The first-order valence-corrected chi connectivity index (χ1v) is 6.77. The molecule has 2 rings (SSSR count). The second kappa shape index (κ2) is 6.45. The summed E-state index contributed by atoms with van der Waals surface area (Å²) in [7, 11) is 3.20. The van der Waals surface area contributed by atoms with Crippen molar-refractivity contribution in [2.75, 3.05) is 14.2 Å². The quantitative estimate of drug-likeness (QED) is 0.363. The Morgan fingerprint density at radius 3 is 2.42 bits per heavy atom. The van der Waals surface area contributed by atoms with Gasteiger partial charge in [-0.15, -0.1) is 0 Å². The van der Waals surface area contributed by atoms with Crippen LogP contribution < -0.4 is 9.47 Å². The molecule has 104 valence electrons. The maximum absolute atomic E-state index is 12.1. The van der Waals surface area contributed by atoms with Crippen molar-refractivity contribution in [1.82, 2.24) is 0 Å². The fraction of sp³-hybridized carbons (Fsp3) is 0.533. The zero-order chi connectivity index (χ0) is 13.7. The number of ether oxygens (including phenoxy) is 2. The average molecular weight is 263 g/mol. The van der Waals surface area contributed by atoms with E-state index in [0.717, 1.165) is 36.0 Å². The van der Waals surface area contributed by atoms with Gasteiger partial charge in [0.1, 0.15) is 0 Å². The molecule has 0 aliphatic heterocycles. The second-order valence-corrected chi connectivity index (χ2v) is 4.90. The molecule has 0 amide bonds. The van der Waals surface area contributed by atoms with Crippen molar-refractivity contribution in [3.8, 4) is 11.5 Å². The maximum atomic E-state index is 12.1. The molecule has 0 N–H and O–H groups in total. The molecule has 0 aromatic heterocycles. The van der Waals surface area contributed by atoms with Gasteiger partial charge in [-0.1, -0.05) is 6.42 Å². The first kappa shape index (κ1) is 13.7. The van der Waals surface area contributed by atoms with E-state index in [-0.39, 0.29) is 6.04 Å². The van der Waals surface area contributed by atoms with Crippen LogP contribution in [0.5, 0.6) is 11.5 Å². The van der Waals surface area contributed by atoms with E-state index in [1.165, 1.54) is 6.42 Å². The molecule has 1 aliphatic rings. The lowest BCUT2D eigenvalue weighted by molar-refractivity contribution is -0.500. The molecule has 0 spiro atoms. The van der Waals surface area contributed by atoms with Crippen molar-refractivity contribution in [2.45, 2.75) is 38.1 Å². The molecule has 0 atom stereocenters. The summed E-state index contributed by atoms with van der Waals surface area (Å²) < 4.78 is 11.5. The van der Waals surface area contributed by atoms with Crippen LogP contribution in [0.2, 0.25) is 0 Å². The monoisotopic (exact) mass is 263 g/mol. The number of benzene rings is 1. The van der Waals surface area contributed by atoms with Crippen LogP contribution in [0.3, 0.4) is 0 Å². The Bertz CT molecular complexity index is 451. The Morgan fingerprint density at radius 2 is 1.79 bits per heavy atom.